The van der Waals surface area contributed by atoms with Crippen LogP contribution in [0.15, 0.2) is 0 Å². The molecule has 0 aliphatic heterocycles. The van der Waals surface area contributed by atoms with Gasteiger partial charge in [-0.15, -0.1) is 0 Å². The molecule has 0 heterocycles. The van der Waals surface area contributed by atoms with Crippen LogP contribution in [0.2, 0.25) is 0 Å². The summed E-state index contributed by atoms with van der Waals surface area (Å²) in [7, 11) is 0. The first-order valence-corrected chi connectivity index (χ1v) is 11.2. The zero-order valence-corrected chi connectivity index (χ0v) is 19.9. The Morgan fingerprint density at radius 1 is 0.788 bits per heavy atom. The molecule has 33 heavy (non-hydrogen) atoms. The number of primary amides is 1. The predicted molar refractivity (Wildman–Crippen MR) is 122 cm³/mol. The summed E-state index contributed by atoms with van der Waals surface area (Å²) in [6, 6.07) is -4.15. The van der Waals surface area contributed by atoms with Gasteiger partial charge in [0.15, 0.2) is 0 Å². The van der Waals surface area contributed by atoms with Crippen molar-refractivity contribution in [3.05, 3.63) is 0 Å². The maximum atomic E-state index is 12.9. The second-order valence-electron chi connectivity index (χ2n) is 8.76. The van der Waals surface area contributed by atoms with Gasteiger partial charge in [0.05, 0.1) is 6.04 Å². The van der Waals surface area contributed by atoms with Crippen LogP contribution in [0.3, 0.4) is 0 Å². The molecule has 0 bridgehead atoms. The quantitative estimate of drug-likeness (QED) is 0.131. The fourth-order valence-corrected chi connectivity index (χ4v) is 3.02. The van der Waals surface area contributed by atoms with Crippen LogP contribution in [0.5, 0.6) is 0 Å². The lowest BCUT2D eigenvalue weighted by molar-refractivity contribution is -0.143. The molecule has 0 saturated carbocycles. The van der Waals surface area contributed by atoms with Gasteiger partial charge < -0.3 is 38.3 Å². The van der Waals surface area contributed by atoms with Crippen molar-refractivity contribution in [1.29, 1.82) is 0 Å². The Bertz CT molecular complexity index is 684. The number of nitrogens with one attached hydrogen (secondary N) is 3. The maximum absolute atomic E-state index is 12.9. The number of carbonyl (C=O) groups is 5. The van der Waals surface area contributed by atoms with Gasteiger partial charge in [-0.3, -0.25) is 19.2 Å². The second kappa shape index (κ2) is 15.2. The molecule has 0 aromatic carbocycles. The van der Waals surface area contributed by atoms with E-state index in [1.54, 1.807) is 27.7 Å². The highest BCUT2D eigenvalue weighted by molar-refractivity contribution is 5.94. The van der Waals surface area contributed by atoms with Crippen molar-refractivity contribution in [1.82, 2.24) is 16.0 Å². The van der Waals surface area contributed by atoms with E-state index in [4.69, 9.17) is 17.2 Å². The van der Waals surface area contributed by atoms with E-state index in [-0.39, 0.29) is 24.7 Å². The number of nitrogens with two attached hydrogens (primary N) is 3. The third kappa shape index (κ3) is 11.6. The molecule has 0 fully saturated rings. The molecule has 10 N–H and O–H groups in total. The van der Waals surface area contributed by atoms with Crippen LogP contribution >= 0.6 is 0 Å². The Hall–Kier alpha value is -2.73. The van der Waals surface area contributed by atoms with Gasteiger partial charge in [0.1, 0.15) is 18.1 Å². The van der Waals surface area contributed by atoms with Crippen LogP contribution < -0.4 is 33.2 Å². The highest BCUT2D eigenvalue weighted by Crippen LogP contribution is 2.09. The highest BCUT2D eigenvalue weighted by atomic mass is 16.4. The van der Waals surface area contributed by atoms with Crippen LogP contribution in [0.4, 0.5) is 0 Å². The monoisotopic (exact) mass is 472 g/mol. The largest absolute Gasteiger partial charge is 0.480 e. The molecule has 12 nitrogen and oxygen atoms in total. The van der Waals surface area contributed by atoms with E-state index in [1.165, 1.54) is 0 Å². The Balaban J connectivity index is 5.26. The lowest BCUT2D eigenvalue weighted by Crippen LogP contribution is -2.59. The number of hydrogen-bond acceptors (Lipinski definition) is 7. The van der Waals surface area contributed by atoms with Crippen LogP contribution in [0.25, 0.3) is 0 Å². The average Bonchev–Trinajstić information content (AvgIpc) is 2.71. The van der Waals surface area contributed by atoms with Crippen molar-refractivity contribution in [2.75, 3.05) is 6.54 Å². The summed E-state index contributed by atoms with van der Waals surface area (Å²) in [5.74, 6) is -4.50. The lowest BCUT2D eigenvalue weighted by Gasteiger charge is -2.28. The molecule has 0 aliphatic carbocycles. The number of amides is 4. The predicted octanol–water partition coefficient (Wildman–Crippen LogP) is -1.44. The summed E-state index contributed by atoms with van der Waals surface area (Å²) < 4.78 is 0. The third-order valence-electron chi connectivity index (χ3n) is 5.09. The first-order chi connectivity index (χ1) is 15.3. The minimum absolute atomic E-state index is 0.179. The van der Waals surface area contributed by atoms with Crippen LogP contribution in [-0.2, 0) is 24.0 Å². The van der Waals surface area contributed by atoms with Gasteiger partial charge in [-0.05, 0) is 37.6 Å². The van der Waals surface area contributed by atoms with Crippen molar-refractivity contribution in [3.63, 3.8) is 0 Å². The fourth-order valence-electron chi connectivity index (χ4n) is 3.02. The SMILES string of the molecule is CC(C)C(NC(=O)C(N)CCCCN)C(=O)NC(C(=O)NC(CCC(N)=O)C(=O)O)C(C)C. The topological polar surface area (TPSA) is 220 Å². The summed E-state index contributed by atoms with van der Waals surface area (Å²) in [6.45, 7) is 7.33. The van der Waals surface area contributed by atoms with Gasteiger partial charge in [0, 0.05) is 6.42 Å². The van der Waals surface area contributed by atoms with Crippen LogP contribution in [0, 0.1) is 11.8 Å². The molecule has 0 spiro atoms. The molecule has 4 unspecified atom stereocenters. The Morgan fingerprint density at radius 3 is 1.70 bits per heavy atom. The first kappa shape index (κ1) is 30.3. The minimum atomic E-state index is -1.34. The van der Waals surface area contributed by atoms with Gasteiger partial charge in [-0.25, -0.2) is 4.79 Å². The van der Waals surface area contributed by atoms with Crippen LogP contribution in [-0.4, -0.2) is 65.4 Å². The molecule has 0 saturated heterocycles. The summed E-state index contributed by atoms with van der Waals surface area (Å²) in [6.07, 6.45) is 1.44. The molecule has 4 amide bonds. The lowest BCUT2D eigenvalue weighted by atomic mass is 9.98. The summed E-state index contributed by atoms with van der Waals surface area (Å²) in [5, 5.41) is 16.9. The van der Waals surface area contributed by atoms with Crippen molar-refractivity contribution in [2.24, 2.45) is 29.0 Å². The van der Waals surface area contributed by atoms with E-state index < -0.39 is 53.8 Å². The van der Waals surface area contributed by atoms with Gasteiger partial charge >= 0.3 is 5.97 Å². The average molecular weight is 473 g/mol. The summed E-state index contributed by atoms with van der Waals surface area (Å²) >= 11 is 0. The van der Waals surface area contributed by atoms with E-state index >= 15 is 0 Å². The Kier molecular flexibility index (Phi) is 13.9. The number of unbranched alkanes of at least 4 members (excludes halogenated alkanes) is 1. The minimum Gasteiger partial charge on any atom is -0.480 e. The van der Waals surface area contributed by atoms with E-state index in [1.807, 2.05) is 0 Å². The van der Waals surface area contributed by atoms with Gasteiger partial charge in [0.2, 0.25) is 23.6 Å². The molecule has 4 atom stereocenters. The highest BCUT2D eigenvalue weighted by Gasteiger charge is 2.33. The standard InChI is InChI=1S/C21H40N6O6/c1-11(2)16(19(30)25-14(21(32)33)8-9-15(24)28)27-20(31)17(12(3)4)26-18(29)13(23)7-5-6-10-22/h11-14,16-17H,5-10,22-23H2,1-4H3,(H2,24,28)(H,25,30)(H,26,29)(H,27,31)(H,32,33). The van der Waals surface area contributed by atoms with E-state index in [9.17, 15) is 29.1 Å². The van der Waals surface area contributed by atoms with Gasteiger partial charge in [-0.1, -0.05) is 34.1 Å². The van der Waals surface area contributed by atoms with E-state index in [0.717, 1.165) is 6.42 Å². The molecule has 0 aromatic heterocycles. The smallest absolute Gasteiger partial charge is 0.326 e. The number of aliphatic carboxylic acids is 1. The van der Waals surface area contributed by atoms with Crippen LogP contribution in [0.1, 0.15) is 59.8 Å². The maximum Gasteiger partial charge on any atom is 0.326 e. The molecular formula is C21H40N6O6. The Morgan fingerprint density at radius 2 is 1.27 bits per heavy atom. The molecule has 0 aromatic rings. The summed E-state index contributed by atoms with van der Waals surface area (Å²) in [4.78, 5) is 60.4. The number of rotatable bonds is 16. The normalized spacial score (nSPS) is 14.8. The number of hydrogen-bond donors (Lipinski definition) is 7. The van der Waals surface area contributed by atoms with Crippen molar-refractivity contribution in [3.8, 4) is 0 Å². The first-order valence-electron chi connectivity index (χ1n) is 11.2. The second-order valence-corrected chi connectivity index (χ2v) is 8.76. The number of carboxylic acid groups (broad SMARTS) is 1. The number of carboxylic acids is 1. The molecule has 0 radical (unpaired) electrons. The van der Waals surface area contributed by atoms with E-state index in [2.05, 4.69) is 16.0 Å². The zero-order chi connectivity index (χ0) is 25.7. The van der Waals surface area contributed by atoms with Crippen molar-refractivity contribution < 1.29 is 29.1 Å². The number of carbonyl (C=O) groups excluding carboxylic acids is 4. The Labute approximate surface area is 194 Å². The molecule has 0 rings (SSSR count). The molecular weight excluding hydrogens is 432 g/mol. The molecule has 12 heteroatoms. The van der Waals surface area contributed by atoms with E-state index in [0.29, 0.717) is 19.4 Å². The van der Waals surface area contributed by atoms with Gasteiger partial charge in [0.25, 0.3) is 0 Å². The van der Waals surface area contributed by atoms with Crippen molar-refractivity contribution >= 4 is 29.6 Å². The zero-order valence-electron chi connectivity index (χ0n) is 19.9. The third-order valence-corrected chi connectivity index (χ3v) is 5.09. The molecule has 0 aliphatic rings. The van der Waals surface area contributed by atoms with Gasteiger partial charge in [-0.2, -0.15) is 0 Å². The fraction of sp³-hybridized carbons (Fsp3) is 0.762. The summed E-state index contributed by atoms with van der Waals surface area (Å²) in [5.41, 5.74) is 16.4. The molecule has 190 valence electrons. The van der Waals surface area contributed by atoms with Crippen molar-refractivity contribution in [2.45, 2.75) is 84.0 Å².